The molecule has 1 aliphatic rings. The summed E-state index contributed by atoms with van der Waals surface area (Å²) < 4.78 is 34.4. The molecule has 4 nitrogen and oxygen atoms in total. The first kappa shape index (κ1) is 14.0. The van der Waals surface area contributed by atoms with Gasteiger partial charge in [0.15, 0.2) is 0 Å². The summed E-state index contributed by atoms with van der Waals surface area (Å²) >= 11 is 0. The van der Waals surface area contributed by atoms with Crippen molar-refractivity contribution >= 4 is 11.8 Å². The summed E-state index contributed by atoms with van der Waals surface area (Å²) in [5.41, 5.74) is 0. The monoisotopic (exact) mass is 250 g/mol. The van der Waals surface area contributed by atoms with Crippen LogP contribution < -0.4 is 0 Å². The topological polar surface area (TPSA) is 52.6 Å². The van der Waals surface area contributed by atoms with Gasteiger partial charge >= 0.3 is 5.97 Å². The van der Waals surface area contributed by atoms with Gasteiger partial charge in [-0.1, -0.05) is 0 Å². The van der Waals surface area contributed by atoms with Crippen molar-refractivity contribution in [2.45, 2.75) is 20.3 Å². The molecule has 1 rings (SSSR count). The van der Waals surface area contributed by atoms with Crippen molar-refractivity contribution in [3.05, 3.63) is 0 Å². The highest BCUT2D eigenvalue weighted by atomic mass is 19.3. The number of ketones is 1. The number of ether oxygens (including phenoxy) is 2. The van der Waals surface area contributed by atoms with E-state index in [0.717, 1.165) is 0 Å². The lowest BCUT2D eigenvalue weighted by molar-refractivity contribution is -0.146. The fourth-order valence-corrected chi connectivity index (χ4v) is 1.93. The van der Waals surface area contributed by atoms with Gasteiger partial charge in [-0.05, 0) is 13.8 Å². The van der Waals surface area contributed by atoms with Crippen LogP contribution in [0.4, 0.5) is 8.78 Å². The van der Waals surface area contributed by atoms with Crippen molar-refractivity contribution in [2.75, 3.05) is 19.8 Å². The van der Waals surface area contributed by atoms with Crippen LogP contribution in [-0.2, 0) is 19.1 Å². The SMILES string of the molecule is CCOCC1C(C(=O)OCC)C1C(=O)C(F)F. The van der Waals surface area contributed by atoms with E-state index in [2.05, 4.69) is 0 Å². The molecule has 0 aromatic heterocycles. The van der Waals surface area contributed by atoms with Gasteiger partial charge in [0.2, 0.25) is 5.78 Å². The van der Waals surface area contributed by atoms with E-state index in [-0.39, 0.29) is 13.2 Å². The molecule has 1 saturated carbocycles. The van der Waals surface area contributed by atoms with Gasteiger partial charge in [0.25, 0.3) is 6.43 Å². The molecule has 0 aliphatic heterocycles. The first-order chi connectivity index (χ1) is 8.04. The van der Waals surface area contributed by atoms with Crippen molar-refractivity contribution in [1.29, 1.82) is 0 Å². The molecular weight excluding hydrogens is 234 g/mol. The minimum atomic E-state index is -3.04. The molecular formula is C11H16F2O4. The number of carbonyl (C=O) groups excluding carboxylic acids is 2. The van der Waals surface area contributed by atoms with Gasteiger partial charge in [0.1, 0.15) is 0 Å². The average molecular weight is 250 g/mol. The minimum Gasteiger partial charge on any atom is -0.466 e. The number of hydrogen-bond donors (Lipinski definition) is 0. The molecule has 98 valence electrons. The highest BCUT2D eigenvalue weighted by molar-refractivity contribution is 5.94. The molecule has 17 heavy (non-hydrogen) atoms. The predicted octanol–water partition coefficient (Wildman–Crippen LogP) is 1.28. The number of esters is 1. The highest BCUT2D eigenvalue weighted by Gasteiger charge is 2.61. The third kappa shape index (κ3) is 3.21. The van der Waals surface area contributed by atoms with Gasteiger partial charge in [-0.3, -0.25) is 9.59 Å². The maximum atomic E-state index is 12.3. The zero-order chi connectivity index (χ0) is 13.0. The summed E-state index contributed by atoms with van der Waals surface area (Å²) in [5.74, 6) is -3.94. The van der Waals surface area contributed by atoms with Crippen LogP contribution in [0.25, 0.3) is 0 Å². The zero-order valence-corrected chi connectivity index (χ0v) is 9.82. The summed E-state index contributed by atoms with van der Waals surface area (Å²) in [6.45, 7) is 4.12. The molecule has 6 heteroatoms. The third-order valence-corrected chi connectivity index (χ3v) is 2.79. The largest absolute Gasteiger partial charge is 0.466 e. The maximum absolute atomic E-state index is 12.3. The van der Waals surface area contributed by atoms with Gasteiger partial charge in [0, 0.05) is 18.4 Å². The summed E-state index contributed by atoms with van der Waals surface area (Å²) in [6.07, 6.45) is -3.04. The molecule has 0 saturated heterocycles. The Hall–Kier alpha value is -1.04. The molecule has 3 atom stereocenters. The van der Waals surface area contributed by atoms with Crippen molar-refractivity contribution in [3.63, 3.8) is 0 Å². The Kier molecular flexibility index (Phi) is 4.99. The predicted molar refractivity (Wildman–Crippen MR) is 54.6 cm³/mol. The Labute approximate surface area is 98.3 Å². The molecule has 0 spiro atoms. The molecule has 0 N–H and O–H groups in total. The van der Waals surface area contributed by atoms with Gasteiger partial charge in [-0.2, -0.15) is 0 Å². The Morgan fingerprint density at radius 3 is 2.29 bits per heavy atom. The first-order valence-electron chi connectivity index (χ1n) is 5.60. The quantitative estimate of drug-likeness (QED) is 0.639. The fourth-order valence-electron chi connectivity index (χ4n) is 1.93. The van der Waals surface area contributed by atoms with E-state index >= 15 is 0 Å². The molecule has 3 unspecified atom stereocenters. The van der Waals surface area contributed by atoms with Crippen molar-refractivity contribution in [2.24, 2.45) is 17.8 Å². The standard InChI is InChI=1S/C11H16F2O4/c1-3-16-5-6-7(9(14)10(12)13)8(6)11(15)17-4-2/h6-8,10H,3-5H2,1-2H3. The second-order valence-electron chi connectivity index (χ2n) is 3.83. The second kappa shape index (κ2) is 6.05. The van der Waals surface area contributed by atoms with E-state index in [1.165, 1.54) is 0 Å². The van der Waals surface area contributed by atoms with E-state index in [1.807, 2.05) is 0 Å². The van der Waals surface area contributed by atoms with Gasteiger partial charge in [0.05, 0.1) is 19.1 Å². The van der Waals surface area contributed by atoms with Gasteiger partial charge in [-0.15, -0.1) is 0 Å². The number of alkyl halides is 2. The van der Waals surface area contributed by atoms with Crippen LogP contribution in [0.3, 0.4) is 0 Å². The summed E-state index contributed by atoms with van der Waals surface area (Å²) in [4.78, 5) is 22.6. The number of Topliss-reactive ketones (excluding diaryl/α,β-unsaturated/α-hetero) is 1. The lowest BCUT2D eigenvalue weighted by atomic mass is 10.2. The average Bonchev–Trinajstić information content (AvgIpc) is 2.99. The molecule has 0 radical (unpaired) electrons. The van der Waals surface area contributed by atoms with Gasteiger partial charge < -0.3 is 9.47 Å². The van der Waals surface area contributed by atoms with Crippen LogP contribution >= 0.6 is 0 Å². The van der Waals surface area contributed by atoms with Crippen LogP contribution in [0.2, 0.25) is 0 Å². The third-order valence-electron chi connectivity index (χ3n) is 2.79. The van der Waals surface area contributed by atoms with Crippen LogP contribution in [0.15, 0.2) is 0 Å². The van der Waals surface area contributed by atoms with E-state index in [9.17, 15) is 18.4 Å². The lowest BCUT2D eigenvalue weighted by Gasteiger charge is -2.00. The van der Waals surface area contributed by atoms with Crippen molar-refractivity contribution in [3.8, 4) is 0 Å². The minimum absolute atomic E-state index is 0.142. The first-order valence-corrected chi connectivity index (χ1v) is 5.60. The Balaban J connectivity index is 2.60. The number of rotatable bonds is 7. The molecule has 1 aliphatic carbocycles. The van der Waals surface area contributed by atoms with Crippen LogP contribution in [0, 0.1) is 17.8 Å². The smallest absolute Gasteiger partial charge is 0.310 e. The van der Waals surface area contributed by atoms with E-state index in [4.69, 9.17) is 9.47 Å². The maximum Gasteiger partial charge on any atom is 0.310 e. The molecule has 1 fully saturated rings. The van der Waals surface area contributed by atoms with Crippen LogP contribution in [0.1, 0.15) is 13.8 Å². The zero-order valence-electron chi connectivity index (χ0n) is 9.82. The Morgan fingerprint density at radius 2 is 1.82 bits per heavy atom. The fraction of sp³-hybridized carbons (Fsp3) is 0.818. The van der Waals surface area contributed by atoms with Crippen molar-refractivity contribution < 1.29 is 27.8 Å². The van der Waals surface area contributed by atoms with Crippen molar-refractivity contribution in [1.82, 2.24) is 0 Å². The summed E-state index contributed by atoms with van der Waals surface area (Å²) in [6, 6.07) is 0. The summed E-state index contributed by atoms with van der Waals surface area (Å²) in [5, 5.41) is 0. The van der Waals surface area contributed by atoms with Crippen LogP contribution in [0.5, 0.6) is 0 Å². The van der Waals surface area contributed by atoms with E-state index < -0.39 is 35.9 Å². The summed E-state index contributed by atoms with van der Waals surface area (Å²) in [7, 11) is 0. The van der Waals surface area contributed by atoms with E-state index in [0.29, 0.717) is 6.61 Å². The molecule has 0 aromatic carbocycles. The second-order valence-corrected chi connectivity index (χ2v) is 3.83. The van der Waals surface area contributed by atoms with Crippen LogP contribution in [-0.4, -0.2) is 38.0 Å². The highest BCUT2D eigenvalue weighted by Crippen LogP contribution is 2.48. The molecule has 0 bridgehead atoms. The molecule has 0 aromatic rings. The molecule has 0 heterocycles. The Morgan fingerprint density at radius 1 is 1.18 bits per heavy atom. The lowest BCUT2D eigenvalue weighted by Crippen LogP contribution is -2.17. The molecule has 0 amide bonds. The normalized spacial score (nSPS) is 27.0. The van der Waals surface area contributed by atoms with Gasteiger partial charge in [-0.25, -0.2) is 8.78 Å². The number of halogens is 2. The number of carbonyl (C=O) groups is 2. The Bertz CT molecular complexity index is 293. The number of hydrogen-bond acceptors (Lipinski definition) is 4. The van der Waals surface area contributed by atoms with E-state index in [1.54, 1.807) is 13.8 Å².